The maximum Gasteiger partial charge on any atom is 0.339 e. The van der Waals surface area contributed by atoms with E-state index in [9.17, 15) is 28.8 Å². The first-order chi connectivity index (χ1) is 18.3. The Labute approximate surface area is 231 Å². The smallest absolute Gasteiger partial charge is 0.339 e. The van der Waals surface area contributed by atoms with Crippen molar-refractivity contribution in [3.63, 3.8) is 0 Å². The molecule has 0 aliphatic carbocycles. The minimum Gasteiger partial charge on any atom is -0.481 e. The fraction of sp³-hybridized carbons (Fsp3) is 0.500. The molecule has 0 saturated carbocycles. The quantitative estimate of drug-likeness (QED) is 0.0774. The number of rotatable bonds is 11. The van der Waals surface area contributed by atoms with E-state index in [0.717, 1.165) is 14.7 Å². The topological polar surface area (TPSA) is 424 Å². The number of hydrogen-bond donors (Lipinski definition) is 14. The van der Waals surface area contributed by atoms with Crippen molar-refractivity contribution >= 4 is 53.7 Å². The number of likely N-dealkylation sites (N-methyl/N-ethyl adjacent to an activating group) is 3. The Morgan fingerprint density at radius 1 is 0.634 bits per heavy atom. The number of carboxylic acids is 6. The maximum atomic E-state index is 10.4. The number of aliphatic carboxylic acids is 6. The summed E-state index contributed by atoms with van der Waals surface area (Å²) in [6.45, 7) is -0.681. The number of nitrogens with zero attached hydrogens (tertiary/aromatic N) is 3. The van der Waals surface area contributed by atoms with Crippen LogP contribution in [0.25, 0.3) is 0 Å². The van der Waals surface area contributed by atoms with Crippen LogP contribution in [0.4, 0.5) is 0 Å². The molecule has 23 heteroatoms. The number of nitrogens with one attached hydrogen (secondary N) is 3. The van der Waals surface area contributed by atoms with Gasteiger partial charge in [-0.15, -0.1) is 0 Å². The van der Waals surface area contributed by atoms with Crippen molar-refractivity contribution in [3.8, 4) is 0 Å². The highest BCUT2D eigenvalue weighted by molar-refractivity contribution is 5.90. The van der Waals surface area contributed by atoms with Crippen molar-refractivity contribution in [2.45, 2.75) is 18.1 Å². The highest BCUT2D eigenvalue weighted by Crippen LogP contribution is 2.16. The van der Waals surface area contributed by atoms with E-state index in [0.29, 0.717) is 0 Å². The summed E-state index contributed by atoms with van der Waals surface area (Å²) in [5, 5.41) is 87.3. The summed E-state index contributed by atoms with van der Waals surface area (Å²) >= 11 is 0. The van der Waals surface area contributed by atoms with Crippen LogP contribution < -0.4 is 17.2 Å². The fourth-order valence-corrected chi connectivity index (χ4v) is 1.59. The lowest BCUT2D eigenvalue weighted by Gasteiger charge is -2.23. The largest absolute Gasteiger partial charge is 0.481 e. The number of nitrogens with two attached hydrogens (primary N) is 3. The van der Waals surface area contributed by atoms with Gasteiger partial charge in [-0.1, -0.05) is 0 Å². The minimum absolute atomic E-state index is 0.227. The van der Waals surface area contributed by atoms with Crippen LogP contribution in [0.15, 0.2) is 0 Å². The van der Waals surface area contributed by atoms with Crippen molar-refractivity contribution in [3.05, 3.63) is 0 Å². The molecule has 0 aromatic carbocycles. The summed E-state index contributed by atoms with van der Waals surface area (Å²) in [5.41, 5.74) is 11.6. The molecule has 17 N–H and O–H groups in total. The molecular weight excluding hydrogens is 566 g/mol. The zero-order chi connectivity index (χ0) is 33.8. The van der Waals surface area contributed by atoms with E-state index < -0.39 is 53.9 Å². The third-order valence-electron chi connectivity index (χ3n) is 3.83. The number of aliphatic hydroxyl groups excluding tert-OH is 1. The van der Waals surface area contributed by atoms with Crippen molar-refractivity contribution in [2.75, 3.05) is 40.8 Å². The van der Waals surface area contributed by atoms with Gasteiger partial charge in [0.25, 0.3) is 0 Å². The average Bonchev–Trinajstić information content (AvgIpc) is 2.77. The Balaban J connectivity index is -0.000000228. The summed E-state index contributed by atoms with van der Waals surface area (Å²) in [5.74, 6) is -9.57. The molecule has 236 valence electrons. The molecule has 0 aromatic heterocycles. The van der Waals surface area contributed by atoms with Crippen LogP contribution in [0.5, 0.6) is 0 Å². The molecule has 0 fully saturated rings. The van der Waals surface area contributed by atoms with Crippen LogP contribution >= 0.6 is 0 Å². The standard InChI is InChI=1S/C6H8O8.3C4H9N3O2/c7-2(8)1-6(14,5(12)13)3(9)4(10)11;3*1-7(4(5)6)2-3(8)9/h3,9,14H,1H2,(H,7,8)(H,10,11)(H,12,13);3*2H2,1H3,(H3,5,6)(H,8,9). The van der Waals surface area contributed by atoms with Gasteiger partial charge in [0, 0.05) is 21.1 Å². The van der Waals surface area contributed by atoms with Crippen LogP contribution in [0, 0.1) is 16.2 Å². The van der Waals surface area contributed by atoms with E-state index in [1.165, 1.54) is 21.1 Å². The van der Waals surface area contributed by atoms with Gasteiger partial charge < -0.3 is 72.8 Å². The monoisotopic (exact) mass is 601 g/mol. The highest BCUT2D eigenvalue weighted by atomic mass is 16.4. The van der Waals surface area contributed by atoms with Gasteiger partial charge in [-0.3, -0.25) is 35.4 Å². The molecule has 0 amide bonds. The zero-order valence-electron chi connectivity index (χ0n) is 22.0. The van der Waals surface area contributed by atoms with Crippen molar-refractivity contribution < 1.29 is 69.6 Å². The lowest BCUT2D eigenvalue weighted by Crippen LogP contribution is -2.54. The van der Waals surface area contributed by atoms with E-state index in [-0.39, 0.29) is 37.5 Å². The molecule has 0 spiro atoms. The van der Waals surface area contributed by atoms with E-state index >= 15 is 0 Å². The third-order valence-corrected chi connectivity index (χ3v) is 3.83. The Morgan fingerprint density at radius 2 is 0.878 bits per heavy atom. The van der Waals surface area contributed by atoms with Crippen LogP contribution in [0.3, 0.4) is 0 Å². The van der Waals surface area contributed by atoms with Crippen molar-refractivity contribution in [2.24, 2.45) is 17.2 Å². The van der Waals surface area contributed by atoms with E-state index in [1.54, 1.807) is 0 Å². The summed E-state index contributed by atoms with van der Waals surface area (Å²) in [6.07, 6.45) is -4.11. The molecule has 23 nitrogen and oxygen atoms in total. The second-order valence-electron chi connectivity index (χ2n) is 7.45. The summed E-state index contributed by atoms with van der Waals surface area (Å²) in [6, 6.07) is 0. The number of aliphatic hydroxyl groups is 2. The molecule has 0 aromatic rings. The second-order valence-corrected chi connectivity index (χ2v) is 7.45. The van der Waals surface area contributed by atoms with Gasteiger partial charge in [0.2, 0.25) is 5.60 Å². The molecule has 0 rings (SSSR count). The molecule has 0 radical (unpaired) electrons. The van der Waals surface area contributed by atoms with Crippen LogP contribution in [0.1, 0.15) is 6.42 Å². The zero-order valence-corrected chi connectivity index (χ0v) is 22.0. The van der Waals surface area contributed by atoms with Gasteiger partial charge in [0.05, 0.1) is 6.42 Å². The third kappa shape index (κ3) is 23.4. The van der Waals surface area contributed by atoms with Gasteiger partial charge in [-0.05, 0) is 0 Å². The van der Waals surface area contributed by atoms with Gasteiger partial charge in [0.15, 0.2) is 24.0 Å². The van der Waals surface area contributed by atoms with Crippen molar-refractivity contribution in [1.82, 2.24) is 14.7 Å². The molecule has 0 bridgehead atoms. The minimum atomic E-state index is -3.22. The molecule has 0 aliphatic rings. The van der Waals surface area contributed by atoms with E-state index in [4.69, 9.17) is 74.3 Å². The Morgan fingerprint density at radius 3 is 0.976 bits per heavy atom. The molecule has 0 heterocycles. The summed E-state index contributed by atoms with van der Waals surface area (Å²) in [4.78, 5) is 63.8. The molecular formula is C18H35N9O14. The number of hydrogen-bond acceptors (Lipinski definition) is 11. The summed E-state index contributed by atoms with van der Waals surface area (Å²) < 4.78 is 0. The predicted octanol–water partition coefficient (Wildman–Crippen LogP) is -5.59. The first kappa shape index (κ1) is 42.6. The SMILES string of the molecule is CN(CC(=O)O)C(=N)N.CN(CC(=O)O)C(=N)N.CN(CC(=O)O)C(=N)N.O=C(O)CC(O)(C(=O)O)C(O)C(=O)O. The van der Waals surface area contributed by atoms with Gasteiger partial charge in [-0.25, -0.2) is 9.59 Å². The lowest BCUT2D eigenvalue weighted by molar-refractivity contribution is -0.187. The predicted molar refractivity (Wildman–Crippen MR) is 135 cm³/mol. The molecule has 2 unspecified atom stereocenters. The second kappa shape index (κ2) is 20.5. The normalized spacial score (nSPS) is 11.3. The van der Waals surface area contributed by atoms with Crippen LogP contribution in [-0.4, -0.2) is 162 Å². The molecule has 0 aliphatic heterocycles. The number of carbonyl (C=O) groups is 6. The van der Waals surface area contributed by atoms with Gasteiger partial charge >= 0.3 is 35.8 Å². The van der Waals surface area contributed by atoms with E-state index in [1.807, 2.05) is 0 Å². The molecule has 2 atom stereocenters. The highest BCUT2D eigenvalue weighted by Gasteiger charge is 2.49. The number of carboxylic acid groups (broad SMARTS) is 6. The van der Waals surface area contributed by atoms with Crippen LogP contribution in [-0.2, 0) is 28.8 Å². The summed E-state index contributed by atoms with van der Waals surface area (Å²) in [7, 11) is 4.32. The van der Waals surface area contributed by atoms with Crippen molar-refractivity contribution in [1.29, 1.82) is 16.2 Å². The van der Waals surface area contributed by atoms with Gasteiger partial charge in [-0.2, -0.15) is 0 Å². The Bertz CT molecular complexity index is 900. The molecule has 41 heavy (non-hydrogen) atoms. The van der Waals surface area contributed by atoms with Gasteiger partial charge in [0.1, 0.15) is 19.6 Å². The Kier molecular flexibility index (Phi) is 21.3. The average molecular weight is 602 g/mol. The number of guanidine groups is 3. The Hall–Kier alpha value is -5.45. The van der Waals surface area contributed by atoms with E-state index in [2.05, 4.69) is 0 Å². The fourth-order valence-electron chi connectivity index (χ4n) is 1.59. The first-order valence-corrected chi connectivity index (χ1v) is 10.2. The maximum absolute atomic E-state index is 10.4. The lowest BCUT2D eigenvalue weighted by atomic mass is 9.93. The first-order valence-electron chi connectivity index (χ1n) is 10.2. The van der Waals surface area contributed by atoms with Crippen LogP contribution in [0.2, 0.25) is 0 Å². The molecule has 0 saturated heterocycles.